The second-order valence-electron chi connectivity index (χ2n) is 5.84. The molecule has 128 valence electrons. The first kappa shape index (κ1) is 16.7. The molecule has 2 aromatic carbocycles. The zero-order valence-corrected chi connectivity index (χ0v) is 14.2. The van der Waals surface area contributed by atoms with E-state index < -0.39 is 0 Å². The lowest BCUT2D eigenvalue weighted by atomic mass is 10.1. The molecule has 1 aromatic heterocycles. The number of amides is 2. The summed E-state index contributed by atoms with van der Waals surface area (Å²) in [5.41, 5.74) is 2.86. The minimum atomic E-state index is -0.313. The van der Waals surface area contributed by atoms with Gasteiger partial charge in [0.1, 0.15) is 0 Å². The Kier molecular flexibility index (Phi) is 4.79. The lowest BCUT2D eigenvalue weighted by molar-refractivity contribution is -0.122. The number of fused-ring (bicyclic) bond motifs is 1. The first-order valence-electron chi connectivity index (χ1n) is 8.12. The van der Waals surface area contributed by atoms with E-state index in [1.807, 2.05) is 59.2 Å². The van der Waals surface area contributed by atoms with Crippen molar-refractivity contribution in [2.45, 2.75) is 19.9 Å². The van der Waals surface area contributed by atoms with Gasteiger partial charge >= 0.3 is 0 Å². The van der Waals surface area contributed by atoms with Crippen LogP contribution >= 0.6 is 0 Å². The summed E-state index contributed by atoms with van der Waals surface area (Å²) in [7, 11) is 0. The van der Waals surface area contributed by atoms with E-state index in [1.165, 1.54) is 6.92 Å². The Morgan fingerprint density at radius 3 is 2.48 bits per heavy atom. The summed E-state index contributed by atoms with van der Waals surface area (Å²) in [6, 6.07) is 17.8. The molecule has 0 aliphatic rings. The third kappa shape index (κ3) is 3.68. The van der Waals surface area contributed by atoms with E-state index >= 15 is 0 Å². The Bertz CT molecular complexity index is 902. The normalized spacial score (nSPS) is 11.9. The van der Waals surface area contributed by atoms with Crippen LogP contribution in [0.4, 0.5) is 5.95 Å². The van der Waals surface area contributed by atoms with E-state index in [-0.39, 0.29) is 24.4 Å². The molecule has 0 fully saturated rings. The van der Waals surface area contributed by atoms with Gasteiger partial charge in [0.05, 0.1) is 23.6 Å². The smallest absolute Gasteiger partial charge is 0.246 e. The van der Waals surface area contributed by atoms with Gasteiger partial charge in [-0.2, -0.15) is 0 Å². The van der Waals surface area contributed by atoms with Gasteiger partial charge in [0.25, 0.3) is 0 Å². The molecule has 25 heavy (non-hydrogen) atoms. The van der Waals surface area contributed by atoms with Gasteiger partial charge in [0, 0.05) is 6.92 Å². The monoisotopic (exact) mass is 336 g/mol. The zero-order valence-electron chi connectivity index (χ0n) is 14.2. The van der Waals surface area contributed by atoms with E-state index in [0.29, 0.717) is 5.95 Å². The maximum atomic E-state index is 12.1. The van der Waals surface area contributed by atoms with Crippen molar-refractivity contribution >= 4 is 28.8 Å². The Balaban J connectivity index is 1.97. The van der Waals surface area contributed by atoms with Crippen LogP contribution in [0.5, 0.6) is 0 Å². The van der Waals surface area contributed by atoms with Crippen LogP contribution in [-0.4, -0.2) is 27.9 Å². The number of carbonyl (C=O) groups excluding carboxylic acids is 2. The minimum Gasteiger partial charge on any atom is -0.347 e. The topological polar surface area (TPSA) is 76.0 Å². The standard InChI is InChI=1S/C19H20N4O2/c1-13(15-8-4-3-5-9-15)23-17-11-7-6-10-16(17)21-19(23)22-18(25)12-20-14(2)24/h3-11,13H,12H2,1-2H3,(H,20,24)(H,21,22,25). The van der Waals surface area contributed by atoms with Crippen LogP contribution in [0.25, 0.3) is 11.0 Å². The fourth-order valence-corrected chi connectivity index (χ4v) is 2.78. The molecule has 0 radical (unpaired) electrons. The van der Waals surface area contributed by atoms with Crippen molar-refractivity contribution < 1.29 is 9.59 Å². The Morgan fingerprint density at radius 1 is 1.08 bits per heavy atom. The molecule has 0 spiro atoms. The number of benzene rings is 2. The average Bonchev–Trinajstić information content (AvgIpc) is 2.97. The number of anilines is 1. The molecule has 1 unspecified atom stereocenters. The van der Waals surface area contributed by atoms with Gasteiger partial charge in [-0.25, -0.2) is 4.98 Å². The molecule has 1 atom stereocenters. The fraction of sp³-hybridized carbons (Fsp3) is 0.211. The number of aromatic nitrogens is 2. The highest BCUT2D eigenvalue weighted by atomic mass is 16.2. The van der Waals surface area contributed by atoms with Crippen LogP contribution in [-0.2, 0) is 9.59 Å². The maximum absolute atomic E-state index is 12.1. The molecule has 0 aliphatic heterocycles. The number of hydrogen-bond donors (Lipinski definition) is 2. The number of nitrogens with zero attached hydrogens (tertiary/aromatic N) is 2. The summed E-state index contributed by atoms with van der Waals surface area (Å²) in [6.07, 6.45) is 0. The first-order valence-corrected chi connectivity index (χ1v) is 8.12. The highest BCUT2D eigenvalue weighted by molar-refractivity contribution is 5.94. The van der Waals surface area contributed by atoms with Gasteiger partial charge in [-0.05, 0) is 24.6 Å². The molecule has 2 amide bonds. The first-order chi connectivity index (χ1) is 12.1. The van der Waals surface area contributed by atoms with E-state index in [1.54, 1.807) is 0 Å². The van der Waals surface area contributed by atoms with Gasteiger partial charge in [-0.1, -0.05) is 42.5 Å². The number of imidazole rings is 1. The van der Waals surface area contributed by atoms with Crippen LogP contribution in [0.15, 0.2) is 54.6 Å². The number of carbonyl (C=O) groups is 2. The Labute approximate surface area is 145 Å². The lowest BCUT2D eigenvalue weighted by Crippen LogP contribution is -2.32. The summed E-state index contributed by atoms with van der Waals surface area (Å²) in [6.45, 7) is 3.35. The Morgan fingerprint density at radius 2 is 1.76 bits per heavy atom. The average molecular weight is 336 g/mol. The van der Waals surface area contributed by atoms with E-state index in [0.717, 1.165) is 16.6 Å². The summed E-state index contributed by atoms with van der Waals surface area (Å²) in [5, 5.41) is 5.30. The van der Waals surface area contributed by atoms with Crippen molar-refractivity contribution in [1.29, 1.82) is 0 Å². The van der Waals surface area contributed by atoms with E-state index in [9.17, 15) is 9.59 Å². The quantitative estimate of drug-likeness (QED) is 0.752. The second kappa shape index (κ2) is 7.17. The predicted molar refractivity (Wildman–Crippen MR) is 97.3 cm³/mol. The molecule has 2 N–H and O–H groups in total. The van der Waals surface area contributed by atoms with Gasteiger partial charge in [0.2, 0.25) is 17.8 Å². The molecule has 6 heteroatoms. The molecule has 0 saturated heterocycles. The number of nitrogens with one attached hydrogen (secondary N) is 2. The molecule has 0 bridgehead atoms. The number of rotatable bonds is 5. The lowest BCUT2D eigenvalue weighted by Gasteiger charge is -2.18. The number of hydrogen-bond acceptors (Lipinski definition) is 3. The molecule has 0 aliphatic carbocycles. The molecule has 6 nitrogen and oxygen atoms in total. The van der Waals surface area contributed by atoms with Crippen molar-refractivity contribution in [3.05, 3.63) is 60.2 Å². The largest absolute Gasteiger partial charge is 0.347 e. The van der Waals surface area contributed by atoms with Gasteiger partial charge in [-0.3, -0.25) is 14.9 Å². The highest BCUT2D eigenvalue weighted by Crippen LogP contribution is 2.28. The third-order valence-electron chi connectivity index (χ3n) is 4.01. The van der Waals surface area contributed by atoms with Crippen molar-refractivity contribution in [3.8, 4) is 0 Å². The molecule has 0 saturated carbocycles. The summed E-state index contributed by atoms with van der Waals surface area (Å²) < 4.78 is 2.00. The molecule has 1 heterocycles. The SMILES string of the molecule is CC(=O)NCC(=O)Nc1nc2ccccc2n1C(C)c1ccccc1. The zero-order chi connectivity index (χ0) is 17.8. The van der Waals surface area contributed by atoms with Gasteiger partial charge in [-0.15, -0.1) is 0 Å². The van der Waals surface area contributed by atoms with Crippen molar-refractivity contribution in [1.82, 2.24) is 14.9 Å². The Hall–Kier alpha value is -3.15. The predicted octanol–water partition coefficient (Wildman–Crippen LogP) is 2.72. The van der Waals surface area contributed by atoms with Crippen molar-refractivity contribution in [3.63, 3.8) is 0 Å². The van der Waals surface area contributed by atoms with Crippen LogP contribution in [0.2, 0.25) is 0 Å². The molecular formula is C19H20N4O2. The van der Waals surface area contributed by atoms with Gasteiger partial charge in [0.15, 0.2) is 0 Å². The fourth-order valence-electron chi connectivity index (χ4n) is 2.78. The molecular weight excluding hydrogens is 316 g/mol. The van der Waals surface area contributed by atoms with E-state index in [4.69, 9.17) is 0 Å². The number of para-hydroxylation sites is 2. The summed E-state index contributed by atoms with van der Waals surface area (Å²) >= 11 is 0. The van der Waals surface area contributed by atoms with Gasteiger partial charge < -0.3 is 9.88 Å². The molecule has 3 aromatic rings. The summed E-state index contributed by atoms with van der Waals surface area (Å²) in [4.78, 5) is 27.7. The molecule has 3 rings (SSSR count). The van der Waals surface area contributed by atoms with Crippen LogP contribution in [0.3, 0.4) is 0 Å². The van der Waals surface area contributed by atoms with Crippen LogP contribution in [0, 0.1) is 0 Å². The highest BCUT2D eigenvalue weighted by Gasteiger charge is 2.18. The maximum Gasteiger partial charge on any atom is 0.246 e. The van der Waals surface area contributed by atoms with Crippen LogP contribution < -0.4 is 10.6 Å². The summed E-state index contributed by atoms with van der Waals surface area (Å²) in [5.74, 6) is -0.0961. The van der Waals surface area contributed by atoms with E-state index in [2.05, 4.69) is 22.5 Å². The van der Waals surface area contributed by atoms with Crippen molar-refractivity contribution in [2.24, 2.45) is 0 Å². The van der Waals surface area contributed by atoms with Crippen molar-refractivity contribution in [2.75, 3.05) is 11.9 Å². The second-order valence-corrected chi connectivity index (χ2v) is 5.84. The van der Waals surface area contributed by atoms with Crippen LogP contribution in [0.1, 0.15) is 25.5 Å². The minimum absolute atomic E-state index is 0.00957. The third-order valence-corrected chi connectivity index (χ3v) is 4.01.